The summed E-state index contributed by atoms with van der Waals surface area (Å²) in [6.45, 7) is 2.67. The average Bonchev–Trinajstić information content (AvgIpc) is 3.53. The second-order valence-corrected chi connectivity index (χ2v) is 9.53. The number of methoxy groups -OCH3 is 1. The summed E-state index contributed by atoms with van der Waals surface area (Å²) in [5.41, 5.74) is 6.97. The Bertz CT molecular complexity index is 1350. The van der Waals surface area contributed by atoms with E-state index in [4.69, 9.17) is 10.5 Å². The smallest absolute Gasteiger partial charge is 0.235 e. The van der Waals surface area contributed by atoms with Gasteiger partial charge in [-0.25, -0.2) is 14.4 Å². The molecule has 1 saturated heterocycles. The van der Waals surface area contributed by atoms with Crippen LogP contribution in [0.4, 0.5) is 10.3 Å². The maximum atomic E-state index is 14.3. The Morgan fingerprint density at radius 3 is 2.70 bits per heavy atom. The van der Waals surface area contributed by atoms with Crippen LogP contribution in [0.25, 0.3) is 16.6 Å². The highest BCUT2D eigenvalue weighted by Gasteiger charge is 2.44. The van der Waals surface area contributed by atoms with Crippen molar-refractivity contribution in [3.8, 4) is 18.6 Å². The van der Waals surface area contributed by atoms with E-state index in [-0.39, 0.29) is 29.6 Å². The number of hydrogen-bond donors (Lipinski definition) is 1. The molecule has 1 aromatic carbocycles. The number of nitrogens with two attached hydrogens (primary N) is 1. The molecule has 3 aromatic rings. The number of carbonyl (C=O) groups excluding carboxylic acids is 2. The second-order valence-electron chi connectivity index (χ2n) is 9.53. The number of halogens is 1. The van der Waals surface area contributed by atoms with Gasteiger partial charge in [-0.05, 0) is 45.1 Å². The van der Waals surface area contributed by atoms with Gasteiger partial charge >= 0.3 is 0 Å². The van der Waals surface area contributed by atoms with E-state index >= 15 is 0 Å². The molecule has 5 rings (SSSR count). The molecule has 0 bridgehead atoms. The topological polar surface area (TPSA) is 119 Å². The van der Waals surface area contributed by atoms with Gasteiger partial charge in [-0.1, -0.05) is 0 Å². The number of carbonyl (C=O) groups is 2. The van der Waals surface area contributed by atoms with Crippen molar-refractivity contribution < 1.29 is 18.7 Å². The first-order chi connectivity index (χ1) is 17.8. The number of hydrogen-bond acceptors (Lipinski definition) is 7. The minimum absolute atomic E-state index is 0.0158. The van der Waals surface area contributed by atoms with E-state index in [1.807, 2.05) is 11.8 Å². The summed E-state index contributed by atoms with van der Waals surface area (Å²) in [6, 6.07) is 3.13. The molecule has 2 amide bonds. The van der Waals surface area contributed by atoms with Gasteiger partial charge in [0.25, 0.3) is 0 Å². The van der Waals surface area contributed by atoms with Gasteiger partial charge < -0.3 is 20.3 Å². The Balaban J connectivity index is 0.00000156. The summed E-state index contributed by atoms with van der Waals surface area (Å²) in [5, 5.41) is 4.95. The summed E-state index contributed by atoms with van der Waals surface area (Å²) >= 11 is 0. The van der Waals surface area contributed by atoms with Crippen molar-refractivity contribution in [3.05, 3.63) is 23.8 Å². The third-order valence-electron chi connectivity index (χ3n) is 7.17. The van der Waals surface area contributed by atoms with E-state index in [1.54, 1.807) is 11.9 Å². The highest BCUT2D eigenvalue weighted by Crippen LogP contribution is 2.33. The normalized spacial score (nSPS) is 18.1. The van der Waals surface area contributed by atoms with Crippen LogP contribution < -0.4 is 10.5 Å². The molecule has 37 heavy (non-hydrogen) atoms. The number of nitrogen functional groups attached to an aromatic ring is 1. The van der Waals surface area contributed by atoms with E-state index < -0.39 is 11.7 Å². The summed E-state index contributed by atoms with van der Waals surface area (Å²) in [7, 11) is 3.16. The minimum atomic E-state index is -0.550. The van der Waals surface area contributed by atoms with Crippen molar-refractivity contribution in [2.24, 2.45) is 5.92 Å². The van der Waals surface area contributed by atoms with Crippen LogP contribution in [-0.2, 0) is 16.0 Å². The molecule has 1 aliphatic heterocycles. The Morgan fingerprint density at radius 1 is 1.30 bits per heavy atom. The molecule has 10 nitrogen and oxygen atoms in total. The fraction of sp³-hybridized carbons (Fsp3) is 0.500. The van der Waals surface area contributed by atoms with Crippen LogP contribution in [0.3, 0.4) is 0 Å². The molecule has 2 N–H and O–H groups in total. The number of anilines is 1. The molecule has 2 fully saturated rings. The third-order valence-corrected chi connectivity index (χ3v) is 7.17. The standard InChI is InChI=1S/C24H30FN7O3.C2H2/c1-13(30(2)22(33)15-9-10-31(23(15)34)14-7-8-14)5-4-6-20-28-21-16-11-17(25)19(35-3)12-18(16)27-24(26)32(21)29-20;1-2/h11-15H,4-10H2,1-3H3,(H2,26,27);1-2H/t13-,15?;/m0./s1. The van der Waals surface area contributed by atoms with Crippen molar-refractivity contribution in [1.82, 2.24) is 29.4 Å². The highest BCUT2D eigenvalue weighted by atomic mass is 19.1. The van der Waals surface area contributed by atoms with Crippen LogP contribution >= 0.6 is 0 Å². The molecule has 1 saturated carbocycles. The van der Waals surface area contributed by atoms with Crippen LogP contribution in [0.1, 0.15) is 44.9 Å². The molecule has 3 heterocycles. The average molecular weight is 510 g/mol. The van der Waals surface area contributed by atoms with E-state index in [9.17, 15) is 14.0 Å². The zero-order valence-corrected chi connectivity index (χ0v) is 21.4. The number of terminal acetylenes is 1. The van der Waals surface area contributed by atoms with Gasteiger partial charge in [0, 0.05) is 43.5 Å². The maximum absolute atomic E-state index is 14.3. The van der Waals surface area contributed by atoms with Crippen molar-refractivity contribution in [2.75, 3.05) is 26.4 Å². The number of nitrogens with zero attached hydrogens (tertiary/aromatic N) is 6. The summed E-state index contributed by atoms with van der Waals surface area (Å²) < 4.78 is 20.7. The van der Waals surface area contributed by atoms with E-state index in [2.05, 4.69) is 27.9 Å². The van der Waals surface area contributed by atoms with Crippen molar-refractivity contribution >= 4 is 34.3 Å². The predicted octanol–water partition coefficient (Wildman–Crippen LogP) is 2.44. The zero-order valence-electron chi connectivity index (χ0n) is 21.4. The van der Waals surface area contributed by atoms with Gasteiger partial charge in [-0.3, -0.25) is 9.59 Å². The number of amides is 2. The number of ether oxygens (including phenoxy) is 1. The summed E-state index contributed by atoms with van der Waals surface area (Å²) in [6.07, 6.45) is 12.7. The number of likely N-dealkylation sites (tertiary alicyclic amines) is 1. The number of rotatable bonds is 8. The van der Waals surface area contributed by atoms with Crippen molar-refractivity contribution in [3.63, 3.8) is 0 Å². The van der Waals surface area contributed by atoms with Crippen molar-refractivity contribution in [2.45, 2.75) is 57.5 Å². The highest BCUT2D eigenvalue weighted by molar-refractivity contribution is 6.01. The first-order valence-corrected chi connectivity index (χ1v) is 12.4. The van der Waals surface area contributed by atoms with E-state index in [0.29, 0.717) is 47.8 Å². The fourth-order valence-electron chi connectivity index (χ4n) is 4.83. The molecule has 0 spiro atoms. The van der Waals surface area contributed by atoms with Crippen LogP contribution in [0, 0.1) is 24.6 Å². The molecule has 2 aliphatic rings. The summed E-state index contributed by atoms with van der Waals surface area (Å²) in [4.78, 5) is 38.0. The van der Waals surface area contributed by atoms with Gasteiger partial charge in [0.05, 0.1) is 12.6 Å². The monoisotopic (exact) mass is 509 g/mol. The lowest BCUT2D eigenvalue weighted by Crippen LogP contribution is -2.42. The summed E-state index contributed by atoms with van der Waals surface area (Å²) in [5.74, 6) is -0.376. The number of benzene rings is 1. The SMILES string of the molecule is C#C.COc1cc2nc(N)n3nc(CCC[C@H](C)N(C)C(=O)C4CCN(C5CC5)C4=O)nc3c2cc1F. The maximum Gasteiger partial charge on any atom is 0.235 e. The minimum Gasteiger partial charge on any atom is -0.494 e. The van der Waals surface area contributed by atoms with Crippen LogP contribution in [-0.4, -0.2) is 74.0 Å². The first kappa shape index (κ1) is 26.1. The molecule has 11 heteroatoms. The van der Waals surface area contributed by atoms with Crippen molar-refractivity contribution in [1.29, 1.82) is 0 Å². The van der Waals surface area contributed by atoms with Crippen LogP contribution in [0.15, 0.2) is 12.1 Å². The molecule has 2 aromatic heterocycles. The Hall–Kier alpha value is -3.94. The number of fused-ring (bicyclic) bond motifs is 3. The van der Waals surface area contributed by atoms with Crippen LogP contribution in [0.2, 0.25) is 0 Å². The third kappa shape index (κ3) is 5.01. The molecular weight excluding hydrogens is 477 g/mol. The van der Waals surface area contributed by atoms with E-state index in [1.165, 1.54) is 23.8 Å². The van der Waals surface area contributed by atoms with Crippen LogP contribution in [0.5, 0.6) is 5.75 Å². The number of aromatic nitrogens is 4. The molecule has 2 atom stereocenters. The molecule has 0 radical (unpaired) electrons. The number of aryl methyl sites for hydroxylation is 1. The molecule has 196 valence electrons. The fourth-order valence-corrected chi connectivity index (χ4v) is 4.83. The first-order valence-electron chi connectivity index (χ1n) is 12.4. The Morgan fingerprint density at radius 2 is 2.03 bits per heavy atom. The lowest BCUT2D eigenvalue weighted by molar-refractivity contribution is -0.143. The molecule has 1 aliphatic carbocycles. The molecule has 1 unspecified atom stereocenters. The zero-order chi connectivity index (χ0) is 26.9. The lowest BCUT2D eigenvalue weighted by Gasteiger charge is -2.27. The second kappa shape index (κ2) is 10.6. The quantitative estimate of drug-likeness (QED) is 0.366. The van der Waals surface area contributed by atoms with E-state index in [0.717, 1.165) is 25.7 Å². The van der Waals surface area contributed by atoms with Gasteiger partial charge in [-0.2, -0.15) is 4.52 Å². The predicted molar refractivity (Wildman–Crippen MR) is 137 cm³/mol. The Kier molecular flexibility index (Phi) is 7.47. The largest absolute Gasteiger partial charge is 0.494 e. The van der Waals surface area contributed by atoms with Gasteiger partial charge in [0.2, 0.25) is 17.8 Å². The van der Waals surface area contributed by atoms with Gasteiger partial charge in [0.15, 0.2) is 23.0 Å². The lowest BCUT2D eigenvalue weighted by atomic mass is 10.0. The van der Waals surface area contributed by atoms with Gasteiger partial charge in [0.1, 0.15) is 5.92 Å². The molecular formula is C26H32FN7O3. The van der Waals surface area contributed by atoms with Gasteiger partial charge in [-0.15, -0.1) is 17.9 Å². The Labute approximate surface area is 215 Å².